The molecular weight excluding hydrogens is 389 g/mol. The second-order valence-electron chi connectivity index (χ2n) is 6.67. The summed E-state index contributed by atoms with van der Waals surface area (Å²) in [6.45, 7) is 1.85. The highest BCUT2D eigenvalue weighted by molar-refractivity contribution is 7.91. The summed E-state index contributed by atoms with van der Waals surface area (Å²) in [6, 6.07) is 18.3. The van der Waals surface area contributed by atoms with E-state index in [1.807, 2.05) is 6.92 Å². The van der Waals surface area contributed by atoms with Crippen molar-refractivity contribution in [1.29, 1.82) is 0 Å². The molecule has 0 N–H and O–H groups in total. The molecule has 3 aromatic carbocycles. The quantitative estimate of drug-likeness (QED) is 0.460. The van der Waals surface area contributed by atoms with Crippen LogP contribution in [0, 0.1) is 12.7 Å². The lowest BCUT2D eigenvalue weighted by Gasteiger charge is -2.13. The second kappa shape index (κ2) is 7.22. The van der Waals surface area contributed by atoms with Crippen molar-refractivity contribution >= 4 is 26.5 Å². The lowest BCUT2D eigenvalue weighted by molar-refractivity contribution is 0.103. The van der Waals surface area contributed by atoms with E-state index in [-0.39, 0.29) is 20.7 Å². The predicted molar refractivity (Wildman–Crippen MR) is 108 cm³/mol. The van der Waals surface area contributed by atoms with Crippen molar-refractivity contribution in [2.75, 3.05) is 0 Å². The van der Waals surface area contributed by atoms with Gasteiger partial charge in [0.1, 0.15) is 5.82 Å². The van der Waals surface area contributed by atoms with Gasteiger partial charge in [0, 0.05) is 17.1 Å². The highest BCUT2D eigenvalue weighted by atomic mass is 32.2. The van der Waals surface area contributed by atoms with Crippen LogP contribution in [0.1, 0.15) is 21.5 Å². The largest absolute Gasteiger partial charge is 0.289 e. The van der Waals surface area contributed by atoms with Crippen LogP contribution in [0.4, 0.5) is 4.39 Å². The lowest BCUT2D eigenvalue weighted by Crippen LogP contribution is -2.12. The molecule has 0 bridgehead atoms. The Hall–Kier alpha value is -3.38. The van der Waals surface area contributed by atoms with Crippen molar-refractivity contribution < 1.29 is 17.6 Å². The fourth-order valence-corrected chi connectivity index (χ4v) is 4.79. The number of pyridine rings is 1. The summed E-state index contributed by atoms with van der Waals surface area (Å²) < 4.78 is 41.1. The molecule has 4 nitrogen and oxygen atoms in total. The second-order valence-corrected chi connectivity index (χ2v) is 8.56. The average molecular weight is 405 g/mol. The lowest BCUT2D eigenvalue weighted by atomic mass is 10.0. The minimum atomic E-state index is -4.11. The zero-order chi connectivity index (χ0) is 20.6. The van der Waals surface area contributed by atoms with Crippen LogP contribution >= 0.6 is 0 Å². The number of halogens is 1. The predicted octanol–water partition coefficient (Wildman–Crippen LogP) is 4.75. The number of aromatic nitrogens is 1. The summed E-state index contributed by atoms with van der Waals surface area (Å²) >= 11 is 0. The summed E-state index contributed by atoms with van der Waals surface area (Å²) in [5.41, 5.74) is 1.43. The smallest absolute Gasteiger partial charge is 0.208 e. The molecule has 0 saturated carbocycles. The van der Waals surface area contributed by atoms with E-state index in [4.69, 9.17) is 0 Å². The number of nitrogens with zero attached hydrogens (tertiary/aromatic N) is 1. The van der Waals surface area contributed by atoms with Gasteiger partial charge in [0.15, 0.2) is 5.78 Å². The highest BCUT2D eigenvalue weighted by Crippen LogP contribution is 2.32. The molecule has 0 aliphatic heterocycles. The zero-order valence-electron chi connectivity index (χ0n) is 15.5. The van der Waals surface area contributed by atoms with E-state index in [1.165, 1.54) is 30.5 Å². The third-order valence-corrected chi connectivity index (χ3v) is 6.53. The third kappa shape index (κ3) is 3.43. The van der Waals surface area contributed by atoms with E-state index < -0.39 is 21.4 Å². The first kappa shape index (κ1) is 19.0. The average Bonchev–Trinajstić information content (AvgIpc) is 2.73. The molecule has 0 fully saturated rings. The van der Waals surface area contributed by atoms with Crippen LogP contribution in [0.25, 0.3) is 10.9 Å². The van der Waals surface area contributed by atoms with Gasteiger partial charge in [-0.25, -0.2) is 12.8 Å². The first-order valence-corrected chi connectivity index (χ1v) is 10.4. The van der Waals surface area contributed by atoms with Gasteiger partial charge in [-0.15, -0.1) is 0 Å². The molecule has 0 atom stereocenters. The molecular formula is C23H16FNO3S. The van der Waals surface area contributed by atoms with Gasteiger partial charge in [0.2, 0.25) is 9.84 Å². The van der Waals surface area contributed by atoms with E-state index in [1.54, 1.807) is 42.5 Å². The van der Waals surface area contributed by atoms with Crippen molar-refractivity contribution in [2.45, 2.75) is 16.7 Å². The van der Waals surface area contributed by atoms with E-state index in [0.717, 1.165) is 11.6 Å². The van der Waals surface area contributed by atoms with Crippen molar-refractivity contribution in [3.05, 3.63) is 102 Å². The van der Waals surface area contributed by atoms with Crippen LogP contribution in [0.2, 0.25) is 0 Å². The molecule has 0 amide bonds. The number of aryl methyl sites for hydroxylation is 1. The molecule has 144 valence electrons. The van der Waals surface area contributed by atoms with Crippen LogP contribution in [-0.4, -0.2) is 19.2 Å². The van der Waals surface area contributed by atoms with Gasteiger partial charge in [0.25, 0.3) is 0 Å². The number of carbonyl (C=O) groups excluding carboxylic acids is 1. The van der Waals surface area contributed by atoms with Crippen molar-refractivity contribution in [3.8, 4) is 0 Å². The van der Waals surface area contributed by atoms with Crippen LogP contribution < -0.4 is 0 Å². The van der Waals surface area contributed by atoms with Gasteiger partial charge in [-0.2, -0.15) is 0 Å². The van der Waals surface area contributed by atoms with Gasteiger partial charge in [-0.1, -0.05) is 48.0 Å². The van der Waals surface area contributed by atoms with Crippen LogP contribution in [0.15, 0.2) is 88.8 Å². The Labute approximate surface area is 167 Å². The molecule has 0 aliphatic rings. The molecule has 1 heterocycles. The maximum absolute atomic E-state index is 14.0. The molecule has 0 spiro atoms. The highest BCUT2D eigenvalue weighted by Gasteiger charge is 2.28. The van der Waals surface area contributed by atoms with Crippen LogP contribution in [0.5, 0.6) is 0 Å². The Morgan fingerprint density at radius 2 is 1.62 bits per heavy atom. The van der Waals surface area contributed by atoms with Gasteiger partial charge < -0.3 is 0 Å². The van der Waals surface area contributed by atoms with E-state index in [2.05, 4.69) is 4.98 Å². The third-order valence-electron chi connectivity index (χ3n) is 4.66. The molecule has 1 aromatic heterocycles. The van der Waals surface area contributed by atoms with Crippen LogP contribution in [0.3, 0.4) is 0 Å². The van der Waals surface area contributed by atoms with Crippen LogP contribution in [-0.2, 0) is 9.84 Å². The maximum atomic E-state index is 14.0. The standard InChI is InChI=1S/C23H16FNO3S/c1-15-7-10-18(11-8-15)29(27,28)23-19-13-17(24)9-12-21(19)25-14-20(23)22(26)16-5-3-2-4-6-16/h2-14H,1H3. The molecule has 6 heteroatoms. The number of hydrogen-bond acceptors (Lipinski definition) is 4. The van der Waals surface area contributed by atoms with Gasteiger partial charge >= 0.3 is 0 Å². The molecule has 0 unspecified atom stereocenters. The molecule has 29 heavy (non-hydrogen) atoms. The molecule has 0 aliphatic carbocycles. The number of carbonyl (C=O) groups is 1. The summed E-state index contributed by atoms with van der Waals surface area (Å²) in [4.78, 5) is 17.1. The minimum Gasteiger partial charge on any atom is -0.289 e. The van der Waals surface area contributed by atoms with E-state index >= 15 is 0 Å². The fourth-order valence-electron chi connectivity index (χ4n) is 3.17. The minimum absolute atomic E-state index is 0.0296. The first-order chi connectivity index (χ1) is 13.9. The number of rotatable bonds is 4. The van der Waals surface area contributed by atoms with Crippen molar-refractivity contribution in [3.63, 3.8) is 0 Å². The Balaban J connectivity index is 2.05. The Morgan fingerprint density at radius 3 is 2.31 bits per heavy atom. The SMILES string of the molecule is Cc1ccc(S(=O)(=O)c2c(C(=O)c3ccccc3)cnc3ccc(F)cc23)cc1. The van der Waals surface area contributed by atoms with E-state index in [9.17, 15) is 17.6 Å². The van der Waals surface area contributed by atoms with Gasteiger partial charge in [0.05, 0.1) is 20.9 Å². The zero-order valence-corrected chi connectivity index (χ0v) is 16.3. The number of ketones is 1. The van der Waals surface area contributed by atoms with Gasteiger partial charge in [-0.05, 0) is 37.3 Å². The first-order valence-electron chi connectivity index (χ1n) is 8.88. The number of sulfone groups is 1. The summed E-state index contributed by atoms with van der Waals surface area (Å²) in [6.07, 6.45) is 1.25. The number of hydrogen-bond donors (Lipinski definition) is 0. The summed E-state index contributed by atoms with van der Waals surface area (Å²) in [7, 11) is -4.11. The topological polar surface area (TPSA) is 64.1 Å². The number of benzene rings is 3. The molecule has 0 radical (unpaired) electrons. The molecule has 0 saturated heterocycles. The number of fused-ring (bicyclic) bond motifs is 1. The Kier molecular flexibility index (Phi) is 4.72. The van der Waals surface area contributed by atoms with E-state index in [0.29, 0.717) is 11.1 Å². The van der Waals surface area contributed by atoms with Gasteiger partial charge in [-0.3, -0.25) is 9.78 Å². The van der Waals surface area contributed by atoms with Crippen molar-refractivity contribution in [1.82, 2.24) is 4.98 Å². The molecule has 4 rings (SSSR count). The monoisotopic (exact) mass is 405 g/mol. The Morgan fingerprint density at radius 1 is 0.931 bits per heavy atom. The fraction of sp³-hybridized carbons (Fsp3) is 0.0435. The normalized spacial score (nSPS) is 11.5. The summed E-state index contributed by atoms with van der Waals surface area (Å²) in [5.74, 6) is -1.10. The maximum Gasteiger partial charge on any atom is 0.208 e. The summed E-state index contributed by atoms with van der Waals surface area (Å²) in [5, 5.41) is 0.0763. The Bertz CT molecular complexity index is 1330. The van der Waals surface area contributed by atoms with Crippen molar-refractivity contribution in [2.24, 2.45) is 0 Å². The molecule has 4 aromatic rings.